The fourth-order valence-electron chi connectivity index (χ4n) is 2.14. The zero-order valence-corrected chi connectivity index (χ0v) is 12.6. The Morgan fingerprint density at radius 2 is 1.62 bits per heavy atom. The molecule has 0 unspecified atom stereocenters. The monoisotopic (exact) mass is 288 g/mol. The van der Waals surface area contributed by atoms with Crippen molar-refractivity contribution in [2.45, 2.75) is 13.8 Å². The lowest BCUT2D eigenvalue weighted by Crippen LogP contribution is -1.98. The van der Waals surface area contributed by atoms with Gasteiger partial charge < -0.3 is 19.3 Å². The van der Waals surface area contributed by atoms with E-state index in [9.17, 15) is 5.11 Å². The van der Waals surface area contributed by atoms with Crippen LogP contribution in [0.3, 0.4) is 0 Å². The zero-order chi connectivity index (χ0) is 15.2. The molecule has 2 rings (SSSR count). The summed E-state index contributed by atoms with van der Waals surface area (Å²) in [6.07, 6.45) is 0. The van der Waals surface area contributed by atoms with Gasteiger partial charge in [-0.2, -0.15) is 0 Å². The van der Waals surface area contributed by atoms with E-state index in [0.717, 1.165) is 5.56 Å². The number of aromatic hydroxyl groups is 1. The van der Waals surface area contributed by atoms with Crippen LogP contribution in [-0.2, 0) is 0 Å². The molecular weight excluding hydrogens is 268 g/mol. The van der Waals surface area contributed by atoms with Crippen LogP contribution in [0.5, 0.6) is 23.0 Å². The van der Waals surface area contributed by atoms with Gasteiger partial charge in [0.1, 0.15) is 0 Å². The highest BCUT2D eigenvalue weighted by Gasteiger charge is 2.12. The van der Waals surface area contributed by atoms with Gasteiger partial charge >= 0.3 is 0 Å². The number of methoxy groups -OCH3 is 1. The van der Waals surface area contributed by atoms with Gasteiger partial charge in [0.25, 0.3) is 0 Å². The second-order valence-corrected chi connectivity index (χ2v) is 4.38. The van der Waals surface area contributed by atoms with E-state index in [1.807, 2.05) is 44.2 Å². The summed E-state index contributed by atoms with van der Waals surface area (Å²) in [5.41, 5.74) is 1.54. The molecule has 0 fully saturated rings. The van der Waals surface area contributed by atoms with E-state index in [0.29, 0.717) is 36.0 Å². The molecule has 0 aliphatic carbocycles. The number of rotatable bonds is 6. The Balaban J connectivity index is 2.47. The van der Waals surface area contributed by atoms with Crippen molar-refractivity contribution in [2.75, 3.05) is 20.3 Å². The highest BCUT2D eigenvalue weighted by atomic mass is 16.5. The quantitative estimate of drug-likeness (QED) is 0.876. The smallest absolute Gasteiger partial charge is 0.165 e. The minimum atomic E-state index is 0.117. The predicted octanol–water partition coefficient (Wildman–Crippen LogP) is 3.87. The maximum Gasteiger partial charge on any atom is 0.165 e. The summed E-state index contributed by atoms with van der Waals surface area (Å²) in [6, 6.07) is 11.0. The maximum atomic E-state index is 10.2. The lowest BCUT2D eigenvalue weighted by atomic mass is 10.0. The molecule has 0 heterocycles. The Morgan fingerprint density at radius 3 is 2.29 bits per heavy atom. The molecule has 0 saturated carbocycles. The topological polar surface area (TPSA) is 47.9 Å². The van der Waals surface area contributed by atoms with Crippen LogP contribution in [-0.4, -0.2) is 25.4 Å². The Bertz CT molecular complexity index is 608. The number of phenolic OH excluding ortho intramolecular Hbond substituents is 1. The number of para-hydroxylation sites is 1. The van der Waals surface area contributed by atoms with Crippen LogP contribution in [0, 0.1) is 0 Å². The Kier molecular flexibility index (Phi) is 4.93. The lowest BCUT2D eigenvalue weighted by molar-refractivity contribution is 0.288. The van der Waals surface area contributed by atoms with Crippen molar-refractivity contribution >= 4 is 0 Å². The van der Waals surface area contributed by atoms with E-state index < -0.39 is 0 Å². The van der Waals surface area contributed by atoms with Crippen LogP contribution in [0.25, 0.3) is 11.1 Å². The van der Waals surface area contributed by atoms with Crippen molar-refractivity contribution in [3.05, 3.63) is 36.4 Å². The summed E-state index contributed by atoms with van der Waals surface area (Å²) >= 11 is 0. The highest BCUT2D eigenvalue weighted by molar-refractivity contribution is 5.75. The fraction of sp³-hybridized carbons (Fsp3) is 0.294. The van der Waals surface area contributed by atoms with E-state index in [4.69, 9.17) is 14.2 Å². The van der Waals surface area contributed by atoms with Gasteiger partial charge in [-0.25, -0.2) is 0 Å². The van der Waals surface area contributed by atoms with Crippen molar-refractivity contribution in [1.82, 2.24) is 0 Å². The standard InChI is InChI=1S/C17H20O4/c1-4-20-14-10-9-12(11-16(14)21-5-2)13-7-6-8-15(19-3)17(13)18/h6-11,18H,4-5H2,1-3H3. The van der Waals surface area contributed by atoms with Crippen LogP contribution in [0.15, 0.2) is 36.4 Å². The van der Waals surface area contributed by atoms with Gasteiger partial charge in [-0.3, -0.25) is 0 Å². The molecule has 0 amide bonds. The third-order valence-corrected chi connectivity index (χ3v) is 3.07. The number of hydrogen-bond acceptors (Lipinski definition) is 4. The second-order valence-electron chi connectivity index (χ2n) is 4.38. The average Bonchev–Trinajstić information content (AvgIpc) is 2.50. The van der Waals surface area contributed by atoms with Gasteiger partial charge in [0, 0.05) is 5.56 Å². The molecular formula is C17H20O4. The molecule has 0 bridgehead atoms. The van der Waals surface area contributed by atoms with Gasteiger partial charge in [0.05, 0.1) is 20.3 Å². The third kappa shape index (κ3) is 3.21. The van der Waals surface area contributed by atoms with Crippen LogP contribution in [0.2, 0.25) is 0 Å². The number of benzene rings is 2. The number of hydrogen-bond donors (Lipinski definition) is 1. The minimum absolute atomic E-state index is 0.117. The van der Waals surface area contributed by atoms with Gasteiger partial charge in [-0.05, 0) is 37.6 Å². The van der Waals surface area contributed by atoms with E-state index in [1.54, 1.807) is 6.07 Å². The molecule has 1 N–H and O–H groups in total. The molecule has 0 radical (unpaired) electrons. The Morgan fingerprint density at radius 1 is 0.905 bits per heavy atom. The summed E-state index contributed by atoms with van der Waals surface area (Å²) in [6.45, 7) is 4.97. The first-order valence-corrected chi connectivity index (χ1v) is 6.97. The van der Waals surface area contributed by atoms with Crippen molar-refractivity contribution in [3.8, 4) is 34.1 Å². The van der Waals surface area contributed by atoms with Gasteiger partial charge in [0.2, 0.25) is 0 Å². The normalized spacial score (nSPS) is 10.2. The summed E-state index contributed by atoms with van der Waals surface area (Å²) in [5.74, 6) is 1.93. The van der Waals surface area contributed by atoms with E-state index in [-0.39, 0.29) is 5.75 Å². The third-order valence-electron chi connectivity index (χ3n) is 3.07. The zero-order valence-electron chi connectivity index (χ0n) is 12.6. The van der Waals surface area contributed by atoms with Crippen molar-refractivity contribution in [1.29, 1.82) is 0 Å². The molecule has 0 atom stereocenters. The van der Waals surface area contributed by atoms with E-state index >= 15 is 0 Å². The van der Waals surface area contributed by atoms with Crippen LogP contribution in [0.4, 0.5) is 0 Å². The Hall–Kier alpha value is -2.36. The summed E-state index contributed by atoms with van der Waals surface area (Å²) in [4.78, 5) is 0. The molecule has 4 heteroatoms. The van der Waals surface area contributed by atoms with E-state index in [2.05, 4.69) is 0 Å². The molecule has 4 nitrogen and oxygen atoms in total. The first-order chi connectivity index (χ1) is 10.2. The summed E-state index contributed by atoms with van der Waals surface area (Å²) in [7, 11) is 1.53. The number of ether oxygens (including phenoxy) is 3. The molecule has 0 aliphatic rings. The van der Waals surface area contributed by atoms with Crippen LogP contribution in [0.1, 0.15) is 13.8 Å². The van der Waals surface area contributed by atoms with Crippen LogP contribution < -0.4 is 14.2 Å². The Labute approximate surface area is 124 Å². The lowest BCUT2D eigenvalue weighted by Gasteiger charge is -2.14. The molecule has 0 aromatic heterocycles. The molecule has 0 saturated heterocycles. The van der Waals surface area contributed by atoms with E-state index in [1.165, 1.54) is 7.11 Å². The molecule has 112 valence electrons. The first-order valence-electron chi connectivity index (χ1n) is 6.97. The van der Waals surface area contributed by atoms with Gasteiger partial charge in [-0.15, -0.1) is 0 Å². The average molecular weight is 288 g/mol. The molecule has 21 heavy (non-hydrogen) atoms. The van der Waals surface area contributed by atoms with Crippen molar-refractivity contribution in [2.24, 2.45) is 0 Å². The molecule has 2 aromatic carbocycles. The van der Waals surface area contributed by atoms with Gasteiger partial charge in [-0.1, -0.05) is 18.2 Å². The van der Waals surface area contributed by atoms with Crippen molar-refractivity contribution < 1.29 is 19.3 Å². The predicted molar refractivity (Wildman–Crippen MR) is 82.4 cm³/mol. The molecule has 2 aromatic rings. The SMILES string of the molecule is CCOc1ccc(-c2cccc(OC)c2O)cc1OCC. The summed E-state index contributed by atoms with van der Waals surface area (Å²) in [5, 5.41) is 10.2. The van der Waals surface area contributed by atoms with Crippen molar-refractivity contribution in [3.63, 3.8) is 0 Å². The highest BCUT2D eigenvalue weighted by Crippen LogP contribution is 2.40. The molecule has 0 spiro atoms. The maximum absolute atomic E-state index is 10.2. The molecule has 0 aliphatic heterocycles. The largest absolute Gasteiger partial charge is 0.504 e. The first kappa shape index (κ1) is 15.0. The number of phenols is 1. The second kappa shape index (κ2) is 6.88. The van der Waals surface area contributed by atoms with Gasteiger partial charge in [0.15, 0.2) is 23.0 Å². The fourth-order valence-corrected chi connectivity index (χ4v) is 2.14. The van der Waals surface area contributed by atoms with Crippen LogP contribution >= 0.6 is 0 Å². The summed E-state index contributed by atoms with van der Waals surface area (Å²) < 4.78 is 16.3. The minimum Gasteiger partial charge on any atom is -0.504 e.